The van der Waals surface area contributed by atoms with E-state index in [0.717, 1.165) is 30.5 Å². The van der Waals surface area contributed by atoms with E-state index in [4.69, 9.17) is 4.74 Å². The molecule has 0 aliphatic rings. The Morgan fingerprint density at radius 3 is 2.14 bits per heavy atom. The van der Waals surface area contributed by atoms with Gasteiger partial charge in [-0.05, 0) is 36.2 Å². The summed E-state index contributed by atoms with van der Waals surface area (Å²) in [6, 6.07) is 9.17. The summed E-state index contributed by atoms with van der Waals surface area (Å²) >= 11 is 0. The normalized spacial score (nSPS) is 10.3. The van der Waals surface area contributed by atoms with E-state index in [9.17, 15) is 20.1 Å². The fourth-order valence-electron chi connectivity index (χ4n) is 1.90. The highest BCUT2D eigenvalue weighted by atomic mass is 16.5. The summed E-state index contributed by atoms with van der Waals surface area (Å²) in [4.78, 5) is 11.9. The Kier molecular flexibility index (Phi) is 4.33. The fourth-order valence-corrected chi connectivity index (χ4v) is 1.90. The number of benzene rings is 2. The first kappa shape index (κ1) is 14.7. The van der Waals surface area contributed by atoms with Gasteiger partial charge in [0.25, 0.3) is 0 Å². The molecule has 0 aliphatic heterocycles. The number of hydrogen-bond donors (Lipinski definition) is 3. The Hall–Kier alpha value is -2.69. The first-order chi connectivity index (χ1) is 10.0. The molecule has 0 heterocycles. The maximum absolute atomic E-state index is 11.9. The van der Waals surface area contributed by atoms with E-state index >= 15 is 0 Å². The molecule has 0 saturated heterocycles. The summed E-state index contributed by atoms with van der Waals surface area (Å²) in [5, 5.41) is 28.0. The molecule has 2 rings (SSSR count). The summed E-state index contributed by atoms with van der Waals surface area (Å²) < 4.78 is 5.14. The van der Waals surface area contributed by atoms with Crippen molar-refractivity contribution in [1.82, 2.24) is 0 Å². The van der Waals surface area contributed by atoms with Gasteiger partial charge in [0, 0.05) is 0 Å². The summed E-state index contributed by atoms with van der Waals surface area (Å²) in [5.74, 6) is -2.20. The van der Waals surface area contributed by atoms with Gasteiger partial charge in [0.15, 0.2) is 17.2 Å². The summed E-state index contributed by atoms with van der Waals surface area (Å²) in [5.41, 5.74) is 1.10. The Labute approximate surface area is 122 Å². The molecule has 5 heteroatoms. The molecule has 0 aliphatic carbocycles. The minimum absolute atomic E-state index is 0.0552. The van der Waals surface area contributed by atoms with Gasteiger partial charge in [0.2, 0.25) is 0 Å². The zero-order chi connectivity index (χ0) is 15.4. The third-order valence-corrected chi connectivity index (χ3v) is 2.98. The van der Waals surface area contributed by atoms with E-state index in [1.165, 1.54) is 0 Å². The number of rotatable bonds is 4. The molecule has 3 N–H and O–H groups in total. The average Bonchev–Trinajstić information content (AvgIpc) is 2.46. The summed E-state index contributed by atoms with van der Waals surface area (Å²) in [6.45, 7) is 2.08. The van der Waals surface area contributed by atoms with E-state index in [2.05, 4.69) is 6.92 Å². The van der Waals surface area contributed by atoms with E-state index in [0.29, 0.717) is 5.75 Å². The lowest BCUT2D eigenvalue weighted by Crippen LogP contribution is -2.08. The van der Waals surface area contributed by atoms with Gasteiger partial charge in [-0.2, -0.15) is 0 Å². The number of hydrogen-bond acceptors (Lipinski definition) is 5. The first-order valence-electron chi connectivity index (χ1n) is 6.57. The number of ether oxygens (including phenoxy) is 1. The maximum atomic E-state index is 11.9. The Bertz CT molecular complexity index is 623. The largest absolute Gasteiger partial charge is 0.504 e. The van der Waals surface area contributed by atoms with Gasteiger partial charge >= 0.3 is 5.97 Å². The summed E-state index contributed by atoms with van der Waals surface area (Å²) in [6.07, 6.45) is 1.99. The van der Waals surface area contributed by atoms with Crippen LogP contribution in [0.3, 0.4) is 0 Å². The van der Waals surface area contributed by atoms with Crippen molar-refractivity contribution in [2.24, 2.45) is 0 Å². The number of aryl methyl sites for hydroxylation is 1. The van der Waals surface area contributed by atoms with Crippen LogP contribution >= 0.6 is 0 Å². The van der Waals surface area contributed by atoms with Crippen LogP contribution in [0.1, 0.15) is 29.3 Å². The number of aromatic hydroxyl groups is 3. The lowest BCUT2D eigenvalue weighted by atomic mass is 10.1. The van der Waals surface area contributed by atoms with Gasteiger partial charge in [0.1, 0.15) is 5.75 Å². The third-order valence-electron chi connectivity index (χ3n) is 2.98. The number of carbonyl (C=O) groups excluding carboxylic acids is 1. The van der Waals surface area contributed by atoms with Crippen molar-refractivity contribution in [2.45, 2.75) is 19.8 Å². The Morgan fingerprint density at radius 1 is 1.05 bits per heavy atom. The molecule has 2 aromatic rings. The van der Waals surface area contributed by atoms with Crippen LogP contribution in [0.5, 0.6) is 23.0 Å². The zero-order valence-corrected chi connectivity index (χ0v) is 11.5. The SMILES string of the molecule is CCCc1ccc(OC(=O)c2cc(O)c(O)c(O)c2)cc1. The van der Waals surface area contributed by atoms with Gasteiger partial charge in [-0.1, -0.05) is 25.5 Å². The van der Waals surface area contributed by atoms with Gasteiger partial charge in [0.05, 0.1) is 5.56 Å². The molecule has 110 valence electrons. The highest BCUT2D eigenvalue weighted by molar-refractivity contribution is 5.92. The molecule has 0 bridgehead atoms. The Balaban J connectivity index is 2.14. The standard InChI is InChI=1S/C16H16O5/c1-2-3-10-4-6-12(7-5-10)21-16(20)11-8-13(17)15(19)14(18)9-11/h4-9,17-19H,2-3H2,1H3. The molecule has 0 fully saturated rings. The average molecular weight is 288 g/mol. The van der Waals surface area contributed by atoms with Crippen LogP contribution in [-0.4, -0.2) is 21.3 Å². The molecule has 21 heavy (non-hydrogen) atoms. The molecular formula is C16H16O5. The second-order valence-corrected chi connectivity index (χ2v) is 4.65. The van der Waals surface area contributed by atoms with E-state index < -0.39 is 23.2 Å². The molecule has 0 aromatic heterocycles. The van der Waals surface area contributed by atoms with Crippen molar-refractivity contribution in [2.75, 3.05) is 0 Å². The van der Waals surface area contributed by atoms with Crippen molar-refractivity contribution < 1.29 is 24.9 Å². The molecule has 0 saturated carbocycles. The third kappa shape index (κ3) is 3.45. The van der Waals surface area contributed by atoms with Crippen LogP contribution in [0.25, 0.3) is 0 Å². The number of carbonyl (C=O) groups is 1. The lowest BCUT2D eigenvalue weighted by Gasteiger charge is -2.07. The van der Waals surface area contributed by atoms with Crippen LogP contribution < -0.4 is 4.74 Å². The molecule has 0 atom stereocenters. The van der Waals surface area contributed by atoms with E-state index in [1.807, 2.05) is 12.1 Å². The highest BCUT2D eigenvalue weighted by Crippen LogP contribution is 2.35. The zero-order valence-electron chi connectivity index (χ0n) is 11.5. The monoisotopic (exact) mass is 288 g/mol. The van der Waals surface area contributed by atoms with Gasteiger partial charge < -0.3 is 20.1 Å². The minimum atomic E-state index is -0.733. The van der Waals surface area contributed by atoms with Crippen molar-refractivity contribution in [3.8, 4) is 23.0 Å². The van der Waals surface area contributed by atoms with Gasteiger partial charge in [-0.15, -0.1) is 0 Å². The van der Waals surface area contributed by atoms with Crippen molar-refractivity contribution >= 4 is 5.97 Å². The van der Waals surface area contributed by atoms with Crippen LogP contribution in [0.2, 0.25) is 0 Å². The maximum Gasteiger partial charge on any atom is 0.343 e. The van der Waals surface area contributed by atoms with Crippen LogP contribution in [0.15, 0.2) is 36.4 Å². The summed E-state index contributed by atoms with van der Waals surface area (Å²) in [7, 11) is 0. The first-order valence-corrected chi connectivity index (χ1v) is 6.57. The van der Waals surface area contributed by atoms with E-state index in [1.54, 1.807) is 12.1 Å². The highest BCUT2D eigenvalue weighted by Gasteiger charge is 2.15. The molecule has 0 radical (unpaired) electrons. The Morgan fingerprint density at radius 2 is 1.62 bits per heavy atom. The van der Waals surface area contributed by atoms with Crippen molar-refractivity contribution in [3.05, 3.63) is 47.5 Å². The smallest absolute Gasteiger partial charge is 0.343 e. The van der Waals surface area contributed by atoms with Gasteiger partial charge in [-0.3, -0.25) is 0 Å². The van der Waals surface area contributed by atoms with Gasteiger partial charge in [-0.25, -0.2) is 4.79 Å². The van der Waals surface area contributed by atoms with Crippen molar-refractivity contribution in [3.63, 3.8) is 0 Å². The number of phenols is 3. The van der Waals surface area contributed by atoms with Crippen LogP contribution in [-0.2, 0) is 6.42 Å². The van der Waals surface area contributed by atoms with Crippen LogP contribution in [0, 0.1) is 0 Å². The number of esters is 1. The molecule has 0 amide bonds. The molecule has 0 spiro atoms. The minimum Gasteiger partial charge on any atom is -0.504 e. The molecule has 5 nitrogen and oxygen atoms in total. The lowest BCUT2D eigenvalue weighted by molar-refractivity contribution is 0.0733. The predicted octanol–water partition coefficient (Wildman–Crippen LogP) is 2.98. The molecular weight excluding hydrogens is 272 g/mol. The molecule has 2 aromatic carbocycles. The number of phenolic OH excluding ortho intramolecular Hbond substituents is 3. The molecule has 0 unspecified atom stereocenters. The fraction of sp³-hybridized carbons (Fsp3) is 0.188. The predicted molar refractivity (Wildman–Crippen MR) is 76.8 cm³/mol. The second-order valence-electron chi connectivity index (χ2n) is 4.65. The van der Waals surface area contributed by atoms with E-state index in [-0.39, 0.29) is 5.56 Å². The van der Waals surface area contributed by atoms with Crippen LogP contribution in [0.4, 0.5) is 0 Å². The second kappa shape index (κ2) is 6.17. The van der Waals surface area contributed by atoms with Crippen molar-refractivity contribution in [1.29, 1.82) is 0 Å². The topological polar surface area (TPSA) is 87.0 Å². The quantitative estimate of drug-likeness (QED) is 0.457.